The smallest absolute Gasteiger partial charge is 0.0722 e. The highest BCUT2D eigenvalue weighted by molar-refractivity contribution is 14.1. The lowest BCUT2D eigenvalue weighted by Gasteiger charge is -2.06. The van der Waals surface area contributed by atoms with Crippen LogP contribution >= 0.6 is 22.6 Å². The average Bonchev–Trinajstić information content (AvgIpc) is 2.34. The van der Waals surface area contributed by atoms with Crippen molar-refractivity contribution in [1.29, 1.82) is 0 Å². The fraction of sp³-hybridized carbons (Fsp3) is 0.500. The van der Waals surface area contributed by atoms with Crippen molar-refractivity contribution in [2.45, 2.75) is 13.0 Å². The summed E-state index contributed by atoms with van der Waals surface area (Å²) in [5.41, 5.74) is 0. The highest BCUT2D eigenvalue weighted by atomic mass is 127. The van der Waals surface area contributed by atoms with Gasteiger partial charge in [-0.15, -0.1) is 0 Å². The van der Waals surface area contributed by atoms with Crippen LogP contribution in [0.25, 0.3) is 0 Å². The van der Waals surface area contributed by atoms with E-state index < -0.39 is 0 Å². The van der Waals surface area contributed by atoms with Crippen LogP contribution in [0.2, 0.25) is 0 Å². The molecule has 56 valence electrons. The molecule has 1 unspecified atom stereocenters. The molecule has 1 aromatic heterocycles. The minimum atomic E-state index is 0.0866. The third-order valence-electron chi connectivity index (χ3n) is 1.29. The van der Waals surface area contributed by atoms with Gasteiger partial charge in [-0.05, 0) is 29.5 Å². The van der Waals surface area contributed by atoms with Crippen LogP contribution in [0.15, 0.2) is 12.4 Å². The molecule has 10 heavy (non-hydrogen) atoms. The van der Waals surface area contributed by atoms with E-state index in [-0.39, 0.29) is 12.6 Å². The first kappa shape index (κ1) is 8.00. The van der Waals surface area contributed by atoms with Crippen molar-refractivity contribution in [1.82, 2.24) is 9.78 Å². The summed E-state index contributed by atoms with van der Waals surface area (Å²) in [6.07, 6.45) is 3.67. The molecule has 0 fully saturated rings. The maximum Gasteiger partial charge on any atom is 0.0722 e. The van der Waals surface area contributed by atoms with Crippen molar-refractivity contribution in [3.05, 3.63) is 16.0 Å². The Bertz CT molecular complexity index is 211. The maximum absolute atomic E-state index is 8.73. The Balaban J connectivity index is 2.74. The largest absolute Gasteiger partial charge is 0.394 e. The zero-order chi connectivity index (χ0) is 7.56. The number of rotatable bonds is 2. The molecule has 1 N–H and O–H groups in total. The number of hydrogen-bond acceptors (Lipinski definition) is 2. The third-order valence-corrected chi connectivity index (χ3v) is 1.84. The lowest BCUT2D eigenvalue weighted by atomic mass is 10.4. The fourth-order valence-corrected chi connectivity index (χ4v) is 1.05. The van der Waals surface area contributed by atoms with Gasteiger partial charge in [0.05, 0.1) is 22.4 Å². The van der Waals surface area contributed by atoms with Gasteiger partial charge in [-0.25, -0.2) is 0 Å². The van der Waals surface area contributed by atoms with Crippen molar-refractivity contribution in [2.24, 2.45) is 0 Å². The molecule has 0 aliphatic rings. The predicted molar refractivity (Wildman–Crippen MR) is 46.7 cm³/mol. The Morgan fingerprint density at radius 2 is 2.60 bits per heavy atom. The minimum absolute atomic E-state index is 0.0866. The maximum atomic E-state index is 8.73. The van der Waals surface area contributed by atoms with Crippen molar-refractivity contribution in [3.63, 3.8) is 0 Å². The Morgan fingerprint density at radius 1 is 1.90 bits per heavy atom. The Labute approximate surface area is 73.2 Å². The van der Waals surface area contributed by atoms with Gasteiger partial charge in [0, 0.05) is 6.20 Å². The van der Waals surface area contributed by atoms with Gasteiger partial charge in [-0.1, -0.05) is 0 Å². The molecule has 1 atom stereocenters. The fourth-order valence-electron chi connectivity index (χ4n) is 0.640. The highest BCUT2D eigenvalue weighted by Gasteiger charge is 2.02. The summed E-state index contributed by atoms with van der Waals surface area (Å²) < 4.78 is 2.85. The van der Waals surface area contributed by atoms with E-state index in [0.717, 1.165) is 3.57 Å². The van der Waals surface area contributed by atoms with Gasteiger partial charge >= 0.3 is 0 Å². The van der Waals surface area contributed by atoms with E-state index in [0.29, 0.717) is 0 Å². The molecule has 0 aliphatic carbocycles. The van der Waals surface area contributed by atoms with Gasteiger partial charge in [0.15, 0.2) is 0 Å². The molecule has 0 radical (unpaired) electrons. The van der Waals surface area contributed by atoms with Crippen molar-refractivity contribution in [2.75, 3.05) is 6.61 Å². The first-order valence-electron chi connectivity index (χ1n) is 3.04. The lowest BCUT2D eigenvalue weighted by molar-refractivity contribution is 0.229. The molecule has 0 aromatic carbocycles. The first-order chi connectivity index (χ1) is 4.74. The third kappa shape index (κ3) is 1.69. The van der Waals surface area contributed by atoms with Gasteiger partial charge < -0.3 is 5.11 Å². The Kier molecular flexibility index (Phi) is 2.67. The normalized spacial score (nSPS) is 13.5. The van der Waals surface area contributed by atoms with Gasteiger partial charge in [0.2, 0.25) is 0 Å². The number of aromatic nitrogens is 2. The molecule has 4 heteroatoms. The second kappa shape index (κ2) is 3.34. The van der Waals surface area contributed by atoms with Crippen molar-refractivity contribution >= 4 is 22.6 Å². The molecule has 1 aromatic rings. The van der Waals surface area contributed by atoms with E-state index in [1.807, 2.05) is 13.1 Å². The number of nitrogens with zero attached hydrogens (tertiary/aromatic N) is 2. The minimum Gasteiger partial charge on any atom is -0.394 e. The zero-order valence-corrected chi connectivity index (χ0v) is 7.82. The number of aliphatic hydroxyl groups excluding tert-OH is 1. The van der Waals surface area contributed by atoms with E-state index in [1.165, 1.54) is 0 Å². The zero-order valence-electron chi connectivity index (χ0n) is 5.66. The van der Waals surface area contributed by atoms with E-state index in [2.05, 4.69) is 27.7 Å². The van der Waals surface area contributed by atoms with Gasteiger partial charge in [0.1, 0.15) is 0 Å². The standard InChI is InChI=1S/C6H9IN2O/c1-5(4-10)9-3-6(7)2-8-9/h2-3,5,10H,4H2,1H3. The van der Waals surface area contributed by atoms with Crippen LogP contribution in [0.5, 0.6) is 0 Å². The van der Waals surface area contributed by atoms with Gasteiger partial charge in [-0.3, -0.25) is 4.68 Å². The number of aliphatic hydroxyl groups is 1. The highest BCUT2D eigenvalue weighted by Crippen LogP contribution is 2.06. The van der Waals surface area contributed by atoms with Crippen LogP contribution < -0.4 is 0 Å². The molecule has 0 saturated heterocycles. The summed E-state index contributed by atoms with van der Waals surface area (Å²) in [7, 11) is 0. The summed E-state index contributed by atoms with van der Waals surface area (Å²) in [5.74, 6) is 0. The van der Waals surface area contributed by atoms with Gasteiger partial charge in [0.25, 0.3) is 0 Å². The predicted octanol–water partition coefficient (Wildman–Crippen LogP) is 1.04. The van der Waals surface area contributed by atoms with Crippen LogP contribution in [0.3, 0.4) is 0 Å². The summed E-state index contributed by atoms with van der Waals surface area (Å²) in [6.45, 7) is 2.06. The van der Waals surface area contributed by atoms with Crippen LogP contribution in [0, 0.1) is 3.57 Å². The second-order valence-electron chi connectivity index (χ2n) is 2.17. The lowest BCUT2D eigenvalue weighted by Crippen LogP contribution is -2.09. The molecular weight excluding hydrogens is 243 g/mol. The molecule has 0 aliphatic heterocycles. The number of halogens is 1. The van der Waals surface area contributed by atoms with Gasteiger partial charge in [-0.2, -0.15) is 5.10 Å². The summed E-state index contributed by atoms with van der Waals surface area (Å²) in [5, 5.41) is 12.8. The Morgan fingerprint density at radius 3 is 3.00 bits per heavy atom. The second-order valence-corrected chi connectivity index (χ2v) is 3.42. The number of hydrogen-bond donors (Lipinski definition) is 1. The summed E-state index contributed by atoms with van der Waals surface area (Å²) in [4.78, 5) is 0. The average molecular weight is 252 g/mol. The van der Waals surface area contributed by atoms with Crippen LogP contribution in [0.4, 0.5) is 0 Å². The van der Waals surface area contributed by atoms with Crippen molar-refractivity contribution in [3.8, 4) is 0 Å². The SMILES string of the molecule is CC(CO)n1cc(I)cn1. The molecule has 3 nitrogen and oxygen atoms in total. The molecule has 0 amide bonds. The topological polar surface area (TPSA) is 38.0 Å². The molecule has 0 bridgehead atoms. The molecular formula is C6H9IN2O. The van der Waals surface area contributed by atoms with E-state index in [9.17, 15) is 0 Å². The summed E-state index contributed by atoms with van der Waals surface area (Å²) >= 11 is 2.19. The molecule has 1 rings (SSSR count). The van der Waals surface area contributed by atoms with E-state index >= 15 is 0 Å². The van der Waals surface area contributed by atoms with E-state index in [4.69, 9.17) is 5.11 Å². The summed E-state index contributed by atoms with van der Waals surface area (Å²) in [6, 6.07) is 0.0866. The van der Waals surface area contributed by atoms with Crippen LogP contribution in [-0.4, -0.2) is 21.5 Å². The van der Waals surface area contributed by atoms with E-state index in [1.54, 1.807) is 10.9 Å². The van der Waals surface area contributed by atoms with Crippen LogP contribution in [0.1, 0.15) is 13.0 Å². The Hall–Kier alpha value is -0.100. The van der Waals surface area contributed by atoms with Crippen molar-refractivity contribution < 1.29 is 5.11 Å². The van der Waals surface area contributed by atoms with Crippen LogP contribution in [-0.2, 0) is 0 Å². The quantitative estimate of drug-likeness (QED) is 0.798. The monoisotopic (exact) mass is 252 g/mol. The molecule has 1 heterocycles. The molecule has 0 spiro atoms. The first-order valence-corrected chi connectivity index (χ1v) is 4.12. The molecule has 0 saturated carbocycles.